The first-order valence-corrected chi connectivity index (χ1v) is 8.29. The van der Waals surface area contributed by atoms with Crippen molar-refractivity contribution < 1.29 is 9.32 Å². The van der Waals surface area contributed by atoms with Crippen LogP contribution in [-0.4, -0.2) is 44.2 Å². The van der Waals surface area contributed by atoms with Gasteiger partial charge in [-0.25, -0.2) is 0 Å². The Morgan fingerprint density at radius 1 is 1.28 bits per heavy atom. The molecule has 3 aromatic rings. The van der Waals surface area contributed by atoms with Crippen LogP contribution in [0, 0.1) is 13.8 Å². The number of hydrogen-bond acceptors (Lipinski definition) is 5. The first-order chi connectivity index (χ1) is 12.1. The predicted octanol–water partition coefficient (Wildman–Crippen LogP) is 2.25. The molecular weight excluding hydrogens is 318 g/mol. The highest BCUT2D eigenvalue weighted by Gasteiger charge is 2.35. The summed E-state index contributed by atoms with van der Waals surface area (Å²) in [6, 6.07) is 9.72. The molecule has 128 valence electrons. The molecule has 1 aliphatic rings. The third-order valence-electron chi connectivity index (χ3n) is 4.67. The van der Waals surface area contributed by atoms with E-state index in [1.54, 1.807) is 0 Å². The number of carbonyl (C=O) groups excluding carboxylic acids is 1. The normalized spacial score (nSPS) is 14.6. The van der Waals surface area contributed by atoms with Crippen molar-refractivity contribution in [3.8, 4) is 11.4 Å². The van der Waals surface area contributed by atoms with Crippen LogP contribution in [-0.2, 0) is 11.2 Å². The summed E-state index contributed by atoms with van der Waals surface area (Å²) in [5.74, 6) is 1.40. The van der Waals surface area contributed by atoms with Crippen LogP contribution in [0.4, 0.5) is 0 Å². The molecule has 0 radical (unpaired) electrons. The number of nitrogens with zero attached hydrogens (tertiary/aromatic N) is 4. The topological polar surface area (TPSA) is 87.9 Å². The summed E-state index contributed by atoms with van der Waals surface area (Å²) in [4.78, 5) is 18.7. The van der Waals surface area contributed by atoms with Gasteiger partial charge in [0, 0.05) is 29.9 Å². The largest absolute Gasteiger partial charge is 0.341 e. The van der Waals surface area contributed by atoms with Crippen molar-refractivity contribution >= 4 is 5.91 Å². The number of amides is 1. The Labute approximate surface area is 145 Å². The smallest absolute Gasteiger partial charge is 0.233 e. The minimum Gasteiger partial charge on any atom is -0.341 e. The van der Waals surface area contributed by atoms with Gasteiger partial charge in [0.15, 0.2) is 0 Å². The van der Waals surface area contributed by atoms with Crippen molar-refractivity contribution in [3.05, 3.63) is 53.2 Å². The molecule has 1 aliphatic heterocycles. The van der Waals surface area contributed by atoms with Crippen LogP contribution >= 0.6 is 0 Å². The summed E-state index contributed by atoms with van der Waals surface area (Å²) in [6.07, 6.45) is 0.375. The lowest BCUT2D eigenvalue weighted by atomic mass is 9.98. The van der Waals surface area contributed by atoms with E-state index in [1.165, 1.54) is 0 Å². The van der Waals surface area contributed by atoms with Gasteiger partial charge in [-0.1, -0.05) is 35.5 Å². The van der Waals surface area contributed by atoms with Crippen molar-refractivity contribution in [3.63, 3.8) is 0 Å². The van der Waals surface area contributed by atoms with E-state index in [2.05, 4.69) is 20.3 Å². The van der Waals surface area contributed by atoms with Gasteiger partial charge in [-0.3, -0.25) is 9.89 Å². The molecule has 25 heavy (non-hydrogen) atoms. The highest BCUT2D eigenvalue weighted by molar-refractivity contribution is 5.80. The fourth-order valence-electron chi connectivity index (χ4n) is 3.04. The Kier molecular flexibility index (Phi) is 3.83. The second kappa shape index (κ2) is 6.16. The standard InChI is InChI=1S/C18H19N5O2/c1-11-15(12(2)21-20-11)8-16(24)23-9-14(10-23)18-19-17(22-25-18)13-6-4-3-5-7-13/h3-7,14H,8-10H2,1-2H3,(H,20,21). The highest BCUT2D eigenvalue weighted by atomic mass is 16.5. The quantitative estimate of drug-likeness (QED) is 0.789. The van der Waals surface area contributed by atoms with Crippen molar-refractivity contribution in [2.45, 2.75) is 26.2 Å². The first kappa shape index (κ1) is 15.6. The molecule has 1 saturated heterocycles. The van der Waals surface area contributed by atoms with Gasteiger partial charge < -0.3 is 9.42 Å². The lowest BCUT2D eigenvalue weighted by Crippen LogP contribution is -2.49. The zero-order valence-corrected chi connectivity index (χ0v) is 14.2. The number of aromatic amines is 1. The predicted molar refractivity (Wildman–Crippen MR) is 90.8 cm³/mol. The van der Waals surface area contributed by atoms with Crippen LogP contribution in [0.1, 0.15) is 28.8 Å². The number of rotatable bonds is 4. The third-order valence-corrected chi connectivity index (χ3v) is 4.67. The molecule has 0 spiro atoms. The average Bonchev–Trinajstić information content (AvgIpc) is 3.17. The Hall–Kier alpha value is -2.96. The molecule has 1 N–H and O–H groups in total. The van der Waals surface area contributed by atoms with E-state index in [1.807, 2.05) is 49.1 Å². The minimum absolute atomic E-state index is 0.103. The fraction of sp³-hybridized carbons (Fsp3) is 0.333. The SMILES string of the molecule is Cc1n[nH]c(C)c1CC(=O)N1CC(c2nc(-c3ccccc3)no2)C1. The molecule has 1 aromatic carbocycles. The molecule has 0 atom stereocenters. The number of hydrogen-bond donors (Lipinski definition) is 1. The van der Waals surface area contributed by atoms with E-state index < -0.39 is 0 Å². The maximum Gasteiger partial charge on any atom is 0.233 e. The van der Waals surface area contributed by atoms with Gasteiger partial charge in [-0.05, 0) is 13.8 Å². The summed E-state index contributed by atoms with van der Waals surface area (Å²) >= 11 is 0. The van der Waals surface area contributed by atoms with Crippen LogP contribution < -0.4 is 0 Å². The molecule has 4 rings (SSSR count). The highest BCUT2D eigenvalue weighted by Crippen LogP contribution is 2.28. The fourth-order valence-corrected chi connectivity index (χ4v) is 3.04. The molecular formula is C18H19N5O2. The minimum atomic E-state index is 0.103. The molecule has 1 fully saturated rings. The van der Waals surface area contributed by atoms with E-state index >= 15 is 0 Å². The van der Waals surface area contributed by atoms with E-state index in [4.69, 9.17) is 4.52 Å². The Bertz CT molecular complexity index is 874. The molecule has 3 heterocycles. The van der Waals surface area contributed by atoms with Gasteiger partial charge >= 0.3 is 0 Å². The number of carbonyl (C=O) groups is 1. The Balaban J connectivity index is 1.38. The zero-order chi connectivity index (χ0) is 17.4. The average molecular weight is 337 g/mol. The molecule has 7 heteroatoms. The lowest BCUT2D eigenvalue weighted by Gasteiger charge is -2.37. The number of nitrogens with one attached hydrogen (secondary N) is 1. The van der Waals surface area contributed by atoms with Gasteiger partial charge in [0.05, 0.1) is 18.0 Å². The van der Waals surface area contributed by atoms with Crippen molar-refractivity contribution in [2.75, 3.05) is 13.1 Å². The molecule has 0 saturated carbocycles. The summed E-state index contributed by atoms with van der Waals surface area (Å²) in [5, 5.41) is 11.1. The van der Waals surface area contributed by atoms with Gasteiger partial charge in [0.25, 0.3) is 0 Å². The van der Waals surface area contributed by atoms with Gasteiger partial charge in [0.2, 0.25) is 17.6 Å². The van der Waals surface area contributed by atoms with E-state index in [0.29, 0.717) is 31.2 Å². The molecule has 0 bridgehead atoms. The van der Waals surface area contributed by atoms with Crippen molar-refractivity contribution in [2.24, 2.45) is 0 Å². The number of benzene rings is 1. The van der Waals surface area contributed by atoms with E-state index in [9.17, 15) is 4.79 Å². The first-order valence-electron chi connectivity index (χ1n) is 8.29. The van der Waals surface area contributed by atoms with Crippen molar-refractivity contribution in [1.82, 2.24) is 25.2 Å². The van der Waals surface area contributed by atoms with Crippen LogP contribution in [0.5, 0.6) is 0 Å². The Morgan fingerprint density at radius 2 is 2.04 bits per heavy atom. The number of aromatic nitrogens is 4. The van der Waals surface area contributed by atoms with Crippen LogP contribution in [0.15, 0.2) is 34.9 Å². The maximum atomic E-state index is 12.4. The number of H-pyrrole nitrogens is 1. The number of aryl methyl sites for hydroxylation is 2. The Morgan fingerprint density at radius 3 is 2.72 bits per heavy atom. The maximum absolute atomic E-state index is 12.4. The summed E-state index contributed by atoms with van der Waals surface area (Å²) in [5.41, 5.74) is 3.74. The number of likely N-dealkylation sites (tertiary alicyclic amines) is 1. The van der Waals surface area contributed by atoms with E-state index in [-0.39, 0.29) is 11.8 Å². The third kappa shape index (κ3) is 2.93. The summed E-state index contributed by atoms with van der Waals surface area (Å²) in [7, 11) is 0. The van der Waals surface area contributed by atoms with Crippen LogP contribution in [0.3, 0.4) is 0 Å². The molecule has 7 nitrogen and oxygen atoms in total. The van der Waals surface area contributed by atoms with Gasteiger partial charge in [-0.15, -0.1) is 0 Å². The second-order valence-electron chi connectivity index (χ2n) is 6.41. The second-order valence-corrected chi connectivity index (χ2v) is 6.41. The molecule has 0 aliphatic carbocycles. The molecule has 1 amide bonds. The van der Waals surface area contributed by atoms with Crippen molar-refractivity contribution in [1.29, 1.82) is 0 Å². The van der Waals surface area contributed by atoms with Gasteiger partial charge in [-0.2, -0.15) is 10.1 Å². The lowest BCUT2D eigenvalue weighted by molar-refractivity contribution is -0.135. The monoisotopic (exact) mass is 337 g/mol. The summed E-state index contributed by atoms with van der Waals surface area (Å²) in [6.45, 7) is 5.08. The van der Waals surface area contributed by atoms with Gasteiger partial charge in [0.1, 0.15) is 0 Å². The van der Waals surface area contributed by atoms with E-state index in [0.717, 1.165) is 22.5 Å². The summed E-state index contributed by atoms with van der Waals surface area (Å²) < 4.78 is 5.38. The van der Waals surface area contributed by atoms with Crippen LogP contribution in [0.2, 0.25) is 0 Å². The van der Waals surface area contributed by atoms with Crippen LogP contribution in [0.25, 0.3) is 11.4 Å². The molecule has 2 aromatic heterocycles. The molecule has 0 unspecified atom stereocenters. The zero-order valence-electron chi connectivity index (χ0n) is 14.2.